The van der Waals surface area contributed by atoms with Crippen molar-refractivity contribution in [1.29, 1.82) is 0 Å². The lowest BCUT2D eigenvalue weighted by atomic mass is 9.83. The molecule has 3 aromatic carbocycles. The van der Waals surface area contributed by atoms with E-state index in [2.05, 4.69) is 5.32 Å². The van der Waals surface area contributed by atoms with E-state index in [0.29, 0.717) is 19.5 Å². The van der Waals surface area contributed by atoms with E-state index in [1.807, 2.05) is 72.5 Å². The number of carbonyl (C=O) groups is 2. The first kappa shape index (κ1) is 25.3. The molecule has 1 heterocycles. The predicted octanol–water partition coefficient (Wildman–Crippen LogP) is 6.10. The highest BCUT2D eigenvalue weighted by atomic mass is 32.2. The standard InChI is InChI=1S/C31H31FN2O2S/c1-21-7-9-23(10-8-21)19-33-30(35)25-13-16-28-27(18-25)34(20-24-11-14-26(32)15-12-24)31(36)29(37-28)17-22-5-3-2-4-6-22/h2-12,14-15,17,25,27-28H,13,16,18-20H2,1H3,(H,33,35)/b29-17-. The van der Waals surface area contributed by atoms with E-state index in [-0.39, 0.29) is 34.8 Å². The molecule has 2 amide bonds. The maximum atomic E-state index is 13.7. The summed E-state index contributed by atoms with van der Waals surface area (Å²) in [5, 5.41) is 3.32. The van der Waals surface area contributed by atoms with Crippen molar-refractivity contribution in [1.82, 2.24) is 10.2 Å². The van der Waals surface area contributed by atoms with E-state index < -0.39 is 0 Å². The van der Waals surface area contributed by atoms with Gasteiger partial charge in [-0.05, 0) is 61.1 Å². The lowest BCUT2D eigenvalue weighted by molar-refractivity contribution is -0.133. The van der Waals surface area contributed by atoms with Crippen molar-refractivity contribution in [3.8, 4) is 0 Å². The first-order valence-corrected chi connectivity index (χ1v) is 13.7. The van der Waals surface area contributed by atoms with Gasteiger partial charge in [0, 0.05) is 30.3 Å². The molecular formula is C31H31FN2O2S. The van der Waals surface area contributed by atoms with Gasteiger partial charge in [0.05, 0.1) is 4.91 Å². The monoisotopic (exact) mass is 514 g/mol. The van der Waals surface area contributed by atoms with Crippen LogP contribution >= 0.6 is 11.8 Å². The minimum absolute atomic E-state index is 0.0276. The summed E-state index contributed by atoms with van der Waals surface area (Å²) in [6.07, 6.45) is 4.24. The highest BCUT2D eigenvalue weighted by molar-refractivity contribution is 8.04. The zero-order valence-electron chi connectivity index (χ0n) is 20.9. The maximum absolute atomic E-state index is 13.7. The van der Waals surface area contributed by atoms with Crippen LogP contribution in [-0.4, -0.2) is 28.0 Å². The lowest BCUT2D eigenvalue weighted by Crippen LogP contribution is -2.53. The zero-order valence-corrected chi connectivity index (χ0v) is 21.7. The first-order chi connectivity index (χ1) is 18.0. The van der Waals surface area contributed by atoms with Crippen LogP contribution in [0.25, 0.3) is 6.08 Å². The van der Waals surface area contributed by atoms with E-state index in [0.717, 1.165) is 34.4 Å². The Morgan fingerprint density at radius 2 is 1.70 bits per heavy atom. The van der Waals surface area contributed by atoms with Crippen LogP contribution in [0, 0.1) is 18.7 Å². The van der Waals surface area contributed by atoms with Gasteiger partial charge in [0.15, 0.2) is 0 Å². The van der Waals surface area contributed by atoms with Crippen LogP contribution in [0.1, 0.15) is 41.5 Å². The van der Waals surface area contributed by atoms with E-state index in [9.17, 15) is 14.0 Å². The van der Waals surface area contributed by atoms with Crippen molar-refractivity contribution >= 4 is 29.7 Å². The summed E-state index contributed by atoms with van der Waals surface area (Å²) >= 11 is 1.64. The van der Waals surface area contributed by atoms with Gasteiger partial charge in [-0.25, -0.2) is 4.39 Å². The number of fused-ring (bicyclic) bond motifs is 1. The van der Waals surface area contributed by atoms with Gasteiger partial charge in [0.2, 0.25) is 5.91 Å². The number of hydrogen-bond donors (Lipinski definition) is 1. The Balaban J connectivity index is 1.34. The number of aryl methyl sites for hydroxylation is 1. The van der Waals surface area contributed by atoms with Crippen LogP contribution in [0.15, 0.2) is 83.8 Å². The van der Waals surface area contributed by atoms with Crippen LogP contribution < -0.4 is 5.32 Å². The van der Waals surface area contributed by atoms with Gasteiger partial charge in [0.25, 0.3) is 5.91 Å². The lowest BCUT2D eigenvalue weighted by Gasteiger charge is -2.46. The highest BCUT2D eigenvalue weighted by Gasteiger charge is 2.44. The Morgan fingerprint density at radius 1 is 1.00 bits per heavy atom. The molecule has 2 aliphatic rings. The molecule has 6 heteroatoms. The average Bonchev–Trinajstić information content (AvgIpc) is 2.92. The summed E-state index contributed by atoms with van der Waals surface area (Å²) in [6, 6.07) is 24.3. The van der Waals surface area contributed by atoms with Crippen molar-refractivity contribution in [3.63, 3.8) is 0 Å². The summed E-state index contributed by atoms with van der Waals surface area (Å²) in [5.74, 6) is -0.422. The minimum atomic E-state index is -0.296. The number of nitrogens with zero attached hydrogens (tertiary/aromatic N) is 1. The Labute approximate surface area is 222 Å². The van der Waals surface area contributed by atoms with Crippen LogP contribution in [0.5, 0.6) is 0 Å². The number of rotatable bonds is 6. The third-order valence-electron chi connectivity index (χ3n) is 7.23. The molecule has 3 aromatic rings. The number of benzene rings is 3. The summed E-state index contributed by atoms with van der Waals surface area (Å²) in [7, 11) is 0. The summed E-state index contributed by atoms with van der Waals surface area (Å²) in [6.45, 7) is 2.94. The average molecular weight is 515 g/mol. The fourth-order valence-electron chi connectivity index (χ4n) is 5.14. The Morgan fingerprint density at radius 3 is 2.43 bits per heavy atom. The molecule has 1 aliphatic carbocycles. The highest BCUT2D eigenvalue weighted by Crippen LogP contribution is 2.44. The van der Waals surface area contributed by atoms with Crippen molar-refractivity contribution in [2.24, 2.45) is 5.92 Å². The van der Waals surface area contributed by atoms with Gasteiger partial charge in [-0.3, -0.25) is 9.59 Å². The number of thioether (sulfide) groups is 1. The Hall–Kier alpha value is -3.38. The van der Waals surface area contributed by atoms with Gasteiger partial charge in [-0.1, -0.05) is 72.3 Å². The fraction of sp³-hybridized carbons (Fsp3) is 0.290. The molecule has 1 aliphatic heterocycles. The molecule has 37 heavy (non-hydrogen) atoms. The number of halogens is 1. The number of carbonyl (C=O) groups excluding carboxylic acids is 2. The molecule has 1 saturated carbocycles. The molecule has 0 radical (unpaired) electrons. The maximum Gasteiger partial charge on any atom is 0.260 e. The predicted molar refractivity (Wildman–Crippen MR) is 147 cm³/mol. The largest absolute Gasteiger partial charge is 0.352 e. The molecule has 3 atom stereocenters. The normalized spacial score (nSPS) is 22.5. The summed E-state index contributed by atoms with van der Waals surface area (Å²) in [4.78, 5) is 29.5. The number of nitrogens with one attached hydrogen (secondary N) is 1. The molecule has 0 aromatic heterocycles. The van der Waals surface area contributed by atoms with Crippen LogP contribution in [0.4, 0.5) is 4.39 Å². The van der Waals surface area contributed by atoms with E-state index in [4.69, 9.17) is 0 Å². The molecule has 3 unspecified atom stereocenters. The van der Waals surface area contributed by atoms with E-state index in [1.54, 1.807) is 23.9 Å². The molecule has 1 saturated heterocycles. The molecule has 190 valence electrons. The first-order valence-electron chi connectivity index (χ1n) is 12.8. The number of hydrogen-bond acceptors (Lipinski definition) is 3. The second-order valence-corrected chi connectivity index (χ2v) is 11.2. The second kappa shape index (κ2) is 11.3. The summed E-state index contributed by atoms with van der Waals surface area (Å²) < 4.78 is 13.5. The zero-order chi connectivity index (χ0) is 25.8. The van der Waals surface area contributed by atoms with Gasteiger partial charge < -0.3 is 10.2 Å². The molecule has 0 spiro atoms. The molecule has 2 fully saturated rings. The molecule has 5 rings (SSSR count). The third kappa shape index (κ3) is 6.13. The van der Waals surface area contributed by atoms with Crippen molar-refractivity contribution in [2.45, 2.75) is 50.6 Å². The van der Waals surface area contributed by atoms with Gasteiger partial charge >= 0.3 is 0 Å². The Bertz CT molecular complexity index is 1270. The fourth-order valence-corrected chi connectivity index (χ4v) is 6.56. The molecule has 4 nitrogen and oxygen atoms in total. The topological polar surface area (TPSA) is 49.4 Å². The SMILES string of the molecule is Cc1ccc(CNC(=O)C2CCC3S/C(=C\c4ccccc4)C(=O)N(Cc4ccc(F)cc4)C3C2)cc1. The van der Waals surface area contributed by atoms with Gasteiger partial charge in [-0.2, -0.15) is 0 Å². The third-order valence-corrected chi connectivity index (χ3v) is 8.63. The van der Waals surface area contributed by atoms with Gasteiger partial charge in [-0.15, -0.1) is 11.8 Å². The van der Waals surface area contributed by atoms with E-state index in [1.165, 1.54) is 17.7 Å². The quantitative estimate of drug-likeness (QED) is 0.404. The second-order valence-electron chi connectivity index (χ2n) is 9.92. The minimum Gasteiger partial charge on any atom is -0.352 e. The molecule has 1 N–H and O–H groups in total. The van der Waals surface area contributed by atoms with Crippen LogP contribution in [0.2, 0.25) is 0 Å². The van der Waals surface area contributed by atoms with Crippen molar-refractivity contribution in [2.75, 3.05) is 0 Å². The molecular weight excluding hydrogens is 483 g/mol. The van der Waals surface area contributed by atoms with Crippen molar-refractivity contribution in [3.05, 3.63) is 112 Å². The van der Waals surface area contributed by atoms with Crippen molar-refractivity contribution < 1.29 is 14.0 Å². The number of amides is 2. The van der Waals surface area contributed by atoms with Gasteiger partial charge in [0.1, 0.15) is 5.82 Å². The van der Waals surface area contributed by atoms with Crippen LogP contribution in [0.3, 0.4) is 0 Å². The Kier molecular flexibility index (Phi) is 7.75. The van der Waals surface area contributed by atoms with E-state index >= 15 is 0 Å². The summed E-state index contributed by atoms with van der Waals surface area (Å²) in [5.41, 5.74) is 4.13. The van der Waals surface area contributed by atoms with Crippen LogP contribution in [-0.2, 0) is 22.7 Å². The smallest absolute Gasteiger partial charge is 0.260 e. The molecule has 0 bridgehead atoms.